The molecule has 2 fully saturated rings. The van der Waals surface area contributed by atoms with Crippen LogP contribution in [0.4, 0.5) is 30.2 Å². The first-order chi connectivity index (χ1) is 16.3. The van der Waals surface area contributed by atoms with Crippen molar-refractivity contribution in [1.82, 2.24) is 5.32 Å². The molecule has 6 nitrogen and oxygen atoms in total. The van der Waals surface area contributed by atoms with Gasteiger partial charge in [0.15, 0.2) is 5.11 Å². The predicted octanol–water partition coefficient (Wildman–Crippen LogP) is 4.52. The highest BCUT2D eigenvalue weighted by Gasteiger charge is 2.37. The molecule has 1 amide bonds. The van der Waals surface area contributed by atoms with E-state index in [-0.39, 0.29) is 22.6 Å². The number of nitrogens with one attached hydrogen (secondary N) is 2. The maximum absolute atomic E-state index is 13.5. The lowest BCUT2D eigenvalue weighted by atomic mass is 9.84. The van der Waals surface area contributed by atoms with Gasteiger partial charge < -0.3 is 15.5 Å². The Balaban J connectivity index is 1.60. The minimum absolute atomic E-state index is 0.00958. The number of amides is 1. The molecule has 0 radical (unpaired) electrons. The summed E-state index contributed by atoms with van der Waals surface area (Å²) in [6, 6.07) is 12.3. The molecule has 2 aromatic carbocycles. The van der Waals surface area contributed by atoms with Crippen LogP contribution in [0.2, 0.25) is 0 Å². The highest BCUT2D eigenvalue weighted by Crippen LogP contribution is 2.36. The number of rotatable bonds is 4. The van der Waals surface area contributed by atoms with Crippen molar-refractivity contribution in [2.75, 3.05) is 41.3 Å². The number of hydrogen-bond donors (Lipinski definition) is 2. The topological polar surface area (TPSA) is 71.4 Å². The lowest BCUT2D eigenvalue weighted by Gasteiger charge is -2.32. The van der Waals surface area contributed by atoms with Crippen LogP contribution in [0.3, 0.4) is 0 Å². The zero-order valence-corrected chi connectivity index (χ0v) is 19.2. The number of carbonyl (C=O) groups excluding carboxylic acids is 1. The van der Waals surface area contributed by atoms with Crippen LogP contribution in [-0.2, 0) is 11.0 Å². The van der Waals surface area contributed by atoms with Gasteiger partial charge in [-0.25, -0.2) is 0 Å². The molecule has 0 atom stereocenters. The second kappa shape index (κ2) is 9.99. The number of nitrogens with zero attached hydrogens (tertiary/aromatic N) is 3. The number of alkyl halides is 3. The molecule has 0 spiro atoms. The summed E-state index contributed by atoms with van der Waals surface area (Å²) in [6.07, 6.45) is -2.51. The summed E-state index contributed by atoms with van der Waals surface area (Å²) in [5.74, 6) is -0.640. The van der Waals surface area contributed by atoms with Gasteiger partial charge >= 0.3 is 6.18 Å². The van der Waals surface area contributed by atoms with Gasteiger partial charge in [-0.2, -0.15) is 18.4 Å². The maximum Gasteiger partial charge on any atom is 0.417 e. The first-order valence-electron chi connectivity index (χ1n) is 11.1. The van der Waals surface area contributed by atoms with Crippen molar-refractivity contribution >= 4 is 40.3 Å². The molecule has 1 aliphatic carbocycles. The van der Waals surface area contributed by atoms with Gasteiger partial charge in [-0.15, -0.1) is 0 Å². The molecule has 1 saturated carbocycles. The average Bonchev–Trinajstić information content (AvgIpc) is 2.78. The fourth-order valence-electron chi connectivity index (χ4n) is 4.04. The highest BCUT2D eigenvalue weighted by molar-refractivity contribution is 7.80. The summed E-state index contributed by atoms with van der Waals surface area (Å²) < 4.78 is 40.6. The molecule has 1 aliphatic heterocycles. The summed E-state index contributed by atoms with van der Waals surface area (Å²) in [5, 5.41) is 15.4. The van der Waals surface area contributed by atoms with Gasteiger partial charge in [0, 0.05) is 43.5 Å². The Morgan fingerprint density at radius 1 is 1.15 bits per heavy atom. The molecule has 0 unspecified atom stereocenters. The first kappa shape index (κ1) is 24.0. The minimum Gasteiger partial charge on any atom is -0.369 e. The van der Waals surface area contributed by atoms with E-state index in [2.05, 4.69) is 15.5 Å². The van der Waals surface area contributed by atoms with Crippen LogP contribution in [0, 0.1) is 17.2 Å². The van der Waals surface area contributed by atoms with E-state index in [4.69, 9.17) is 17.5 Å². The van der Waals surface area contributed by atoms with Crippen LogP contribution in [0.1, 0.15) is 30.4 Å². The standard InChI is InChI=1S/C24H24F3N5OS/c25-24(26,27)21-14-20(7-4-17(21)15-28)32(22(33)16-2-1-3-16)23(34)30-18-5-8-19(9-6-18)31-12-10-29-11-13-31/h4-9,14,16,29H,1-3,10-13H2,(H,30,34). The molecule has 2 N–H and O–H groups in total. The van der Waals surface area contributed by atoms with Gasteiger partial charge in [-0.05, 0) is 67.5 Å². The second-order valence-corrected chi connectivity index (χ2v) is 8.74. The van der Waals surface area contributed by atoms with Gasteiger partial charge in [0.2, 0.25) is 5.91 Å². The van der Waals surface area contributed by atoms with Crippen molar-refractivity contribution in [2.45, 2.75) is 25.4 Å². The number of hydrogen-bond acceptors (Lipinski definition) is 5. The number of nitriles is 1. The number of carbonyl (C=O) groups is 1. The Hall–Kier alpha value is -3.16. The van der Waals surface area contributed by atoms with E-state index >= 15 is 0 Å². The summed E-state index contributed by atoms with van der Waals surface area (Å²) in [5.41, 5.74) is 0.0668. The fourth-order valence-corrected chi connectivity index (χ4v) is 4.36. The Labute approximate surface area is 201 Å². The Morgan fingerprint density at radius 2 is 1.82 bits per heavy atom. The third-order valence-electron chi connectivity index (χ3n) is 6.17. The van der Waals surface area contributed by atoms with Crippen LogP contribution < -0.4 is 20.4 Å². The Kier molecular flexibility index (Phi) is 7.05. The summed E-state index contributed by atoms with van der Waals surface area (Å²) >= 11 is 5.49. The molecular formula is C24H24F3N5OS. The average molecular weight is 488 g/mol. The van der Waals surface area contributed by atoms with Crippen molar-refractivity contribution < 1.29 is 18.0 Å². The molecule has 2 aromatic rings. The fraction of sp³-hybridized carbons (Fsp3) is 0.375. The number of thiocarbonyl (C=S) groups is 1. The normalized spacial score (nSPS) is 16.4. The van der Waals surface area contributed by atoms with E-state index < -0.39 is 17.3 Å². The van der Waals surface area contributed by atoms with E-state index in [0.717, 1.165) is 55.3 Å². The van der Waals surface area contributed by atoms with Gasteiger partial charge in [-0.1, -0.05) is 6.42 Å². The molecule has 4 rings (SSSR count). The van der Waals surface area contributed by atoms with Crippen LogP contribution in [-0.4, -0.2) is 37.2 Å². The summed E-state index contributed by atoms with van der Waals surface area (Å²) in [4.78, 5) is 16.5. The monoisotopic (exact) mass is 487 g/mol. The van der Waals surface area contributed by atoms with Gasteiger partial charge in [0.1, 0.15) is 0 Å². The molecule has 178 valence electrons. The third-order valence-corrected chi connectivity index (χ3v) is 6.45. The van der Waals surface area contributed by atoms with E-state index in [1.165, 1.54) is 6.07 Å². The summed E-state index contributed by atoms with van der Waals surface area (Å²) in [6.45, 7) is 3.61. The van der Waals surface area contributed by atoms with E-state index in [9.17, 15) is 18.0 Å². The molecular weight excluding hydrogens is 463 g/mol. The second-order valence-electron chi connectivity index (χ2n) is 8.35. The van der Waals surface area contributed by atoms with Crippen molar-refractivity contribution in [3.05, 3.63) is 53.6 Å². The number of benzene rings is 2. The van der Waals surface area contributed by atoms with Crippen molar-refractivity contribution in [1.29, 1.82) is 5.26 Å². The highest BCUT2D eigenvalue weighted by atomic mass is 32.1. The first-order valence-corrected chi connectivity index (χ1v) is 11.5. The molecule has 0 aromatic heterocycles. The SMILES string of the molecule is N#Cc1ccc(N(C(=O)C2CCC2)C(=S)Nc2ccc(N3CCNCC3)cc2)cc1C(F)(F)F. The largest absolute Gasteiger partial charge is 0.417 e. The molecule has 34 heavy (non-hydrogen) atoms. The number of halogens is 3. The zero-order chi connectivity index (χ0) is 24.3. The number of anilines is 3. The Bertz CT molecular complexity index is 1100. The molecule has 2 aliphatic rings. The third kappa shape index (κ3) is 5.16. The quantitative estimate of drug-likeness (QED) is 0.618. The van der Waals surface area contributed by atoms with Gasteiger partial charge in [0.05, 0.1) is 22.9 Å². The molecule has 1 saturated heterocycles. The van der Waals surface area contributed by atoms with Crippen LogP contribution in [0.15, 0.2) is 42.5 Å². The minimum atomic E-state index is -4.74. The summed E-state index contributed by atoms with van der Waals surface area (Å²) in [7, 11) is 0. The zero-order valence-electron chi connectivity index (χ0n) is 18.4. The number of piperazine rings is 1. The van der Waals surface area contributed by atoms with Crippen molar-refractivity contribution in [2.24, 2.45) is 5.92 Å². The predicted molar refractivity (Wildman–Crippen MR) is 129 cm³/mol. The van der Waals surface area contributed by atoms with Gasteiger partial charge in [-0.3, -0.25) is 9.69 Å². The van der Waals surface area contributed by atoms with Crippen LogP contribution in [0.25, 0.3) is 0 Å². The molecule has 0 bridgehead atoms. The van der Waals surface area contributed by atoms with Crippen LogP contribution in [0.5, 0.6) is 0 Å². The molecule has 1 heterocycles. The van der Waals surface area contributed by atoms with Crippen molar-refractivity contribution in [3.63, 3.8) is 0 Å². The lowest BCUT2D eigenvalue weighted by Crippen LogP contribution is -2.45. The van der Waals surface area contributed by atoms with Crippen LogP contribution >= 0.6 is 12.2 Å². The van der Waals surface area contributed by atoms with E-state index in [1.54, 1.807) is 6.07 Å². The maximum atomic E-state index is 13.5. The lowest BCUT2D eigenvalue weighted by molar-refractivity contribution is -0.137. The molecule has 10 heteroatoms. The van der Waals surface area contributed by atoms with Gasteiger partial charge in [0.25, 0.3) is 0 Å². The van der Waals surface area contributed by atoms with E-state index in [1.807, 2.05) is 24.3 Å². The van der Waals surface area contributed by atoms with Crippen molar-refractivity contribution in [3.8, 4) is 6.07 Å². The smallest absolute Gasteiger partial charge is 0.369 e. The Morgan fingerprint density at radius 3 is 2.38 bits per heavy atom. The van der Waals surface area contributed by atoms with E-state index in [0.29, 0.717) is 18.5 Å².